The third kappa shape index (κ3) is 4.97. The summed E-state index contributed by atoms with van der Waals surface area (Å²) in [6, 6.07) is 12.4. The molecule has 2 aromatic carbocycles. The number of amides is 1. The number of carbonyl (C=O) groups is 1. The molecule has 0 radical (unpaired) electrons. The van der Waals surface area contributed by atoms with Gasteiger partial charge >= 0.3 is 0 Å². The molecular weight excluding hydrogens is 430 g/mol. The average molecular weight is 460 g/mol. The van der Waals surface area contributed by atoms with Crippen LogP contribution in [-0.4, -0.2) is 36.3 Å². The van der Waals surface area contributed by atoms with Gasteiger partial charge in [0, 0.05) is 25.7 Å². The summed E-state index contributed by atoms with van der Waals surface area (Å²) < 4.78 is 29.6. The van der Waals surface area contributed by atoms with Crippen molar-refractivity contribution in [1.82, 2.24) is 8.87 Å². The Morgan fingerprint density at radius 1 is 1.06 bits per heavy atom. The van der Waals surface area contributed by atoms with E-state index >= 15 is 0 Å². The quantitative estimate of drug-likeness (QED) is 0.503. The molecule has 0 bridgehead atoms. The molecule has 0 atom stereocenters. The lowest BCUT2D eigenvalue weighted by molar-refractivity contribution is 0.0998. The van der Waals surface area contributed by atoms with Crippen molar-refractivity contribution in [3.63, 3.8) is 0 Å². The predicted octanol–water partition coefficient (Wildman–Crippen LogP) is 4.35. The van der Waals surface area contributed by atoms with E-state index < -0.39 is 10.0 Å². The second-order valence-electron chi connectivity index (χ2n) is 7.38. The highest BCUT2D eigenvalue weighted by Crippen LogP contribution is 2.20. The van der Waals surface area contributed by atoms with Crippen molar-refractivity contribution < 1.29 is 13.2 Å². The van der Waals surface area contributed by atoms with Crippen LogP contribution in [0, 0.1) is 0 Å². The Balaban J connectivity index is 1.90. The highest BCUT2D eigenvalue weighted by molar-refractivity contribution is 7.89. The van der Waals surface area contributed by atoms with Crippen LogP contribution in [0.2, 0.25) is 0 Å². The lowest BCUT2D eigenvalue weighted by Crippen LogP contribution is -2.30. The Bertz CT molecular complexity index is 1240. The van der Waals surface area contributed by atoms with Crippen LogP contribution in [0.25, 0.3) is 10.2 Å². The summed E-state index contributed by atoms with van der Waals surface area (Å²) >= 11 is 1.48. The zero-order chi connectivity index (χ0) is 22.6. The molecule has 0 saturated heterocycles. The molecule has 1 aromatic heterocycles. The van der Waals surface area contributed by atoms with E-state index in [-0.39, 0.29) is 10.8 Å². The van der Waals surface area contributed by atoms with Gasteiger partial charge in [0.05, 0.1) is 15.1 Å². The Morgan fingerprint density at radius 2 is 1.74 bits per heavy atom. The molecule has 0 saturated carbocycles. The fourth-order valence-corrected chi connectivity index (χ4v) is 5.99. The minimum absolute atomic E-state index is 0.180. The van der Waals surface area contributed by atoms with Crippen molar-refractivity contribution in [2.24, 2.45) is 12.0 Å². The van der Waals surface area contributed by atoms with Gasteiger partial charge in [-0.3, -0.25) is 4.79 Å². The van der Waals surface area contributed by atoms with Crippen LogP contribution >= 0.6 is 11.3 Å². The van der Waals surface area contributed by atoms with Crippen LogP contribution in [0.3, 0.4) is 0 Å². The van der Waals surface area contributed by atoms with Gasteiger partial charge in [0.1, 0.15) is 0 Å². The van der Waals surface area contributed by atoms with Crippen molar-refractivity contribution >= 4 is 37.5 Å². The number of hydrogen-bond acceptors (Lipinski definition) is 4. The van der Waals surface area contributed by atoms with Gasteiger partial charge in [-0.1, -0.05) is 44.6 Å². The van der Waals surface area contributed by atoms with Crippen molar-refractivity contribution in [3.05, 3.63) is 58.4 Å². The molecule has 0 spiro atoms. The number of benzene rings is 2. The number of fused-ring (bicyclic) bond motifs is 1. The van der Waals surface area contributed by atoms with Crippen molar-refractivity contribution in [2.75, 3.05) is 13.1 Å². The van der Waals surface area contributed by atoms with Crippen molar-refractivity contribution in [2.45, 2.75) is 44.9 Å². The zero-order valence-corrected chi connectivity index (χ0v) is 20.1. The Kier molecular flexibility index (Phi) is 7.46. The molecular formula is C23H29N3O3S2. The monoisotopic (exact) mass is 459 g/mol. The third-order valence-corrected chi connectivity index (χ3v) is 8.49. The number of sulfonamides is 1. The van der Waals surface area contributed by atoms with Crippen LogP contribution in [0.5, 0.6) is 0 Å². The maximum Gasteiger partial charge on any atom is 0.279 e. The Hall–Kier alpha value is -2.29. The minimum Gasteiger partial charge on any atom is -0.319 e. The maximum atomic E-state index is 12.7. The summed E-state index contributed by atoms with van der Waals surface area (Å²) in [5.74, 6) is -0.389. The van der Waals surface area contributed by atoms with Gasteiger partial charge in [0.15, 0.2) is 4.80 Å². The minimum atomic E-state index is -3.55. The van der Waals surface area contributed by atoms with E-state index in [1.54, 1.807) is 13.8 Å². The number of carbonyl (C=O) groups excluding carboxylic acids is 1. The van der Waals surface area contributed by atoms with E-state index in [2.05, 4.69) is 30.1 Å². The molecule has 0 fully saturated rings. The first kappa shape index (κ1) is 23.4. The summed E-state index contributed by atoms with van der Waals surface area (Å²) in [7, 11) is -1.65. The van der Waals surface area contributed by atoms with E-state index in [0.717, 1.165) is 29.5 Å². The summed E-state index contributed by atoms with van der Waals surface area (Å²) in [6.45, 7) is 6.58. The van der Waals surface area contributed by atoms with Crippen molar-refractivity contribution in [1.29, 1.82) is 0 Å². The number of thiazole rings is 1. The van der Waals surface area contributed by atoms with Gasteiger partial charge in [0.2, 0.25) is 10.0 Å². The Labute approximate surface area is 187 Å². The normalized spacial score (nSPS) is 12.7. The molecule has 1 heterocycles. The molecule has 0 aliphatic carbocycles. The maximum absolute atomic E-state index is 12.7. The van der Waals surface area contributed by atoms with E-state index in [9.17, 15) is 13.2 Å². The van der Waals surface area contributed by atoms with Crippen LogP contribution in [0.4, 0.5) is 0 Å². The second kappa shape index (κ2) is 9.89. The summed E-state index contributed by atoms with van der Waals surface area (Å²) in [5, 5.41) is 0. The molecule has 0 aliphatic rings. The molecule has 31 heavy (non-hydrogen) atoms. The number of aromatic nitrogens is 1. The van der Waals surface area contributed by atoms with E-state index in [1.807, 2.05) is 11.6 Å². The van der Waals surface area contributed by atoms with Crippen LogP contribution < -0.4 is 4.80 Å². The summed E-state index contributed by atoms with van der Waals surface area (Å²) in [4.78, 5) is 17.8. The number of nitrogens with zero attached hydrogens (tertiary/aromatic N) is 3. The van der Waals surface area contributed by atoms with Crippen LogP contribution in [0.15, 0.2) is 52.4 Å². The number of aryl methyl sites for hydroxylation is 2. The predicted molar refractivity (Wildman–Crippen MR) is 126 cm³/mol. The van der Waals surface area contributed by atoms with Gasteiger partial charge in [-0.2, -0.15) is 9.30 Å². The third-order valence-electron chi connectivity index (χ3n) is 5.33. The Morgan fingerprint density at radius 3 is 2.35 bits per heavy atom. The van der Waals surface area contributed by atoms with Crippen LogP contribution in [-0.2, 0) is 23.5 Å². The molecule has 3 aromatic rings. The average Bonchev–Trinajstić information content (AvgIpc) is 3.07. The lowest BCUT2D eigenvalue weighted by atomic mass is 10.1. The van der Waals surface area contributed by atoms with Gasteiger partial charge in [-0.25, -0.2) is 8.42 Å². The molecule has 1 amide bonds. The largest absolute Gasteiger partial charge is 0.319 e. The molecule has 3 rings (SSSR count). The molecule has 0 unspecified atom stereocenters. The highest BCUT2D eigenvalue weighted by atomic mass is 32.2. The van der Waals surface area contributed by atoms with Gasteiger partial charge in [0.25, 0.3) is 5.91 Å². The number of unbranched alkanes of at least 4 members (excludes halogenated alkanes) is 1. The van der Waals surface area contributed by atoms with Gasteiger partial charge in [-0.05, 0) is 54.8 Å². The first-order valence-corrected chi connectivity index (χ1v) is 12.8. The fourth-order valence-electron chi connectivity index (χ4n) is 3.45. The first-order valence-electron chi connectivity index (χ1n) is 10.6. The standard InChI is InChI=1S/C23H29N3O3S2/c1-5-8-9-17-10-15-20-21(16-17)30-23(25(20)4)24-22(27)18-11-13-19(14-12-18)31(28,29)26(6-2)7-3/h10-16H,5-9H2,1-4H3. The molecule has 166 valence electrons. The molecule has 8 heteroatoms. The zero-order valence-electron chi connectivity index (χ0n) is 18.5. The van der Waals surface area contributed by atoms with Gasteiger partial charge < -0.3 is 4.57 Å². The fraction of sp³-hybridized carbons (Fsp3) is 0.391. The van der Waals surface area contributed by atoms with E-state index in [0.29, 0.717) is 23.5 Å². The van der Waals surface area contributed by atoms with Crippen molar-refractivity contribution in [3.8, 4) is 0 Å². The van der Waals surface area contributed by atoms with E-state index in [4.69, 9.17) is 0 Å². The molecule has 0 N–H and O–H groups in total. The highest BCUT2D eigenvalue weighted by Gasteiger charge is 2.21. The lowest BCUT2D eigenvalue weighted by Gasteiger charge is -2.18. The summed E-state index contributed by atoms with van der Waals surface area (Å²) in [6.07, 6.45) is 3.35. The van der Waals surface area contributed by atoms with E-state index in [1.165, 1.54) is 45.5 Å². The molecule has 6 nitrogen and oxygen atoms in total. The summed E-state index contributed by atoms with van der Waals surface area (Å²) in [5.41, 5.74) is 2.69. The second-order valence-corrected chi connectivity index (χ2v) is 10.3. The van der Waals surface area contributed by atoms with Gasteiger partial charge in [-0.15, -0.1) is 0 Å². The topological polar surface area (TPSA) is 71.7 Å². The molecule has 0 aliphatic heterocycles. The van der Waals surface area contributed by atoms with Crippen LogP contribution in [0.1, 0.15) is 49.5 Å². The number of rotatable bonds is 8. The number of hydrogen-bond donors (Lipinski definition) is 0. The SMILES string of the molecule is CCCCc1ccc2c(c1)sc(=NC(=O)c1ccc(S(=O)(=O)N(CC)CC)cc1)n2C. The smallest absolute Gasteiger partial charge is 0.279 e. The first-order chi connectivity index (χ1) is 14.8.